The number of hydrogen-bond donors (Lipinski definition) is 1. The normalized spacial score (nSPS) is 57.5. The number of hydrogen-bond acceptors (Lipinski definition) is 1. The van der Waals surface area contributed by atoms with Crippen molar-refractivity contribution in [2.45, 2.75) is 99.0 Å². The highest BCUT2D eigenvalue weighted by molar-refractivity contribution is 5.13. The zero-order valence-corrected chi connectivity index (χ0v) is 17.6. The van der Waals surface area contributed by atoms with Crippen molar-refractivity contribution in [2.24, 2.45) is 51.8 Å². The van der Waals surface area contributed by atoms with Crippen LogP contribution in [-0.2, 0) is 0 Å². The first kappa shape index (κ1) is 18.3. The Hall–Kier alpha value is -0.0400. The lowest BCUT2D eigenvalue weighted by Crippen LogP contribution is -2.57. The third kappa shape index (κ3) is 2.29. The fourth-order valence-corrected chi connectivity index (χ4v) is 8.95. The number of aliphatic hydroxyl groups is 1. The van der Waals surface area contributed by atoms with E-state index in [0.29, 0.717) is 22.2 Å². The molecule has 4 rings (SSSR count). The Morgan fingerprint density at radius 1 is 0.800 bits per heavy atom. The molecule has 0 heterocycles. The van der Waals surface area contributed by atoms with Crippen molar-refractivity contribution in [1.82, 2.24) is 0 Å². The summed E-state index contributed by atoms with van der Waals surface area (Å²) in [5.74, 6) is 4.91. The van der Waals surface area contributed by atoms with E-state index in [1.54, 1.807) is 0 Å². The second kappa shape index (κ2) is 5.73. The molecule has 1 N–H and O–H groups in total. The van der Waals surface area contributed by atoms with E-state index in [2.05, 4.69) is 41.5 Å². The van der Waals surface area contributed by atoms with Crippen LogP contribution in [-0.4, -0.2) is 11.2 Å². The summed E-state index contributed by atoms with van der Waals surface area (Å²) in [5, 5.41) is 10.7. The molecule has 0 bridgehead atoms. The average Bonchev–Trinajstić information content (AvgIpc) is 2.79. The highest BCUT2D eigenvalue weighted by atomic mass is 16.3. The molecule has 3 unspecified atom stereocenters. The molecule has 0 aromatic heterocycles. The van der Waals surface area contributed by atoms with Gasteiger partial charge in [-0.1, -0.05) is 48.0 Å². The molecule has 0 aromatic rings. The summed E-state index contributed by atoms with van der Waals surface area (Å²) in [7, 11) is 0. The maximum absolute atomic E-state index is 10.7. The van der Waals surface area contributed by atoms with E-state index < -0.39 is 0 Å². The van der Waals surface area contributed by atoms with E-state index in [9.17, 15) is 5.11 Å². The molecule has 144 valence electrons. The first-order valence-electron chi connectivity index (χ1n) is 11.3. The maximum atomic E-state index is 10.7. The largest absolute Gasteiger partial charge is 0.393 e. The summed E-state index contributed by atoms with van der Waals surface area (Å²) in [5.41, 5.74) is 1.45. The van der Waals surface area contributed by atoms with Crippen LogP contribution in [0.4, 0.5) is 0 Å². The molecule has 0 spiro atoms. The summed E-state index contributed by atoms with van der Waals surface area (Å²) in [6, 6.07) is 0. The standard InChI is InChI=1S/C24H42O/c1-7-16-8-9-18-17(22(16,3)4)10-11-19-20-14-21(25)15(2)23(20,5)12-13-24(18,19)6/h15-21,25H,7-14H2,1-6H3/t15-,16-,17?,18?,19-,20?,21-,23+,24-/m0/s1. The zero-order chi connectivity index (χ0) is 18.2. The van der Waals surface area contributed by atoms with Gasteiger partial charge in [0, 0.05) is 0 Å². The Bertz CT molecular complexity index is 524. The molecule has 0 saturated heterocycles. The minimum Gasteiger partial charge on any atom is -0.393 e. The van der Waals surface area contributed by atoms with E-state index >= 15 is 0 Å². The van der Waals surface area contributed by atoms with Gasteiger partial charge in [-0.05, 0) is 96.7 Å². The quantitative estimate of drug-likeness (QED) is 0.591. The summed E-state index contributed by atoms with van der Waals surface area (Å²) in [6.45, 7) is 15.1. The van der Waals surface area contributed by atoms with Gasteiger partial charge in [-0.15, -0.1) is 0 Å². The lowest BCUT2D eigenvalue weighted by molar-refractivity contribution is -0.159. The van der Waals surface area contributed by atoms with Gasteiger partial charge in [0.05, 0.1) is 6.10 Å². The van der Waals surface area contributed by atoms with Gasteiger partial charge in [-0.3, -0.25) is 0 Å². The molecule has 4 saturated carbocycles. The fourth-order valence-electron chi connectivity index (χ4n) is 8.95. The van der Waals surface area contributed by atoms with Crippen molar-refractivity contribution in [3.63, 3.8) is 0 Å². The van der Waals surface area contributed by atoms with E-state index in [0.717, 1.165) is 36.0 Å². The van der Waals surface area contributed by atoms with E-state index in [-0.39, 0.29) is 6.10 Å². The first-order valence-corrected chi connectivity index (χ1v) is 11.3. The summed E-state index contributed by atoms with van der Waals surface area (Å²) in [6.07, 6.45) is 11.0. The minimum atomic E-state index is -0.0534. The highest BCUT2D eigenvalue weighted by Gasteiger charge is 2.64. The molecule has 0 radical (unpaired) electrons. The molecule has 4 aliphatic carbocycles. The second-order valence-corrected chi connectivity index (χ2v) is 11.6. The predicted octanol–water partition coefficient (Wildman–Crippen LogP) is 6.30. The molecule has 1 heteroatoms. The monoisotopic (exact) mass is 346 g/mol. The Morgan fingerprint density at radius 3 is 2.04 bits per heavy atom. The fraction of sp³-hybridized carbons (Fsp3) is 1.00. The Morgan fingerprint density at radius 2 is 1.36 bits per heavy atom. The zero-order valence-electron chi connectivity index (χ0n) is 17.6. The van der Waals surface area contributed by atoms with Gasteiger partial charge in [0.2, 0.25) is 0 Å². The van der Waals surface area contributed by atoms with Crippen LogP contribution in [0.25, 0.3) is 0 Å². The van der Waals surface area contributed by atoms with Crippen LogP contribution < -0.4 is 0 Å². The highest BCUT2D eigenvalue weighted by Crippen LogP contribution is 2.70. The molecule has 1 nitrogen and oxygen atoms in total. The van der Waals surface area contributed by atoms with Crippen molar-refractivity contribution in [1.29, 1.82) is 0 Å². The molecule has 9 atom stereocenters. The van der Waals surface area contributed by atoms with Crippen LogP contribution in [0.5, 0.6) is 0 Å². The Balaban J connectivity index is 1.66. The molecule has 4 aliphatic rings. The van der Waals surface area contributed by atoms with Crippen LogP contribution in [0, 0.1) is 51.8 Å². The molecule has 4 fully saturated rings. The molecular weight excluding hydrogens is 304 g/mol. The van der Waals surface area contributed by atoms with Gasteiger partial charge >= 0.3 is 0 Å². The number of rotatable bonds is 1. The van der Waals surface area contributed by atoms with Gasteiger partial charge in [-0.2, -0.15) is 0 Å². The van der Waals surface area contributed by atoms with Gasteiger partial charge in [-0.25, -0.2) is 0 Å². The summed E-state index contributed by atoms with van der Waals surface area (Å²) in [4.78, 5) is 0. The van der Waals surface area contributed by atoms with E-state index in [4.69, 9.17) is 0 Å². The van der Waals surface area contributed by atoms with Crippen molar-refractivity contribution in [2.75, 3.05) is 0 Å². The lowest BCUT2D eigenvalue weighted by Gasteiger charge is -2.65. The Labute approximate surface area is 156 Å². The molecule has 0 aromatic carbocycles. The topological polar surface area (TPSA) is 20.2 Å². The van der Waals surface area contributed by atoms with Gasteiger partial charge in [0.25, 0.3) is 0 Å². The first-order chi connectivity index (χ1) is 11.7. The third-order valence-corrected chi connectivity index (χ3v) is 10.9. The summed E-state index contributed by atoms with van der Waals surface area (Å²) < 4.78 is 0. The SMILES string of the molecule is CC[C@H]1CCC2C(CC[C@H]3C4C[C@H](O)[C@H](C)[C@@]4(C)CC[C@@]23C)C1(C)C. The number of aliphatic hydroxyl groups excluding tert-OH is 1. The second-order valence-electron chi connectivity index (χ2n) is 11.6. The van der Waals surface area contributed by atoms with Crippen molar-refractivity contribution in [3.8, 4) is 0 Å². The van der Waals surface area contributed by atoms with E-state index in [1.165, 1.54) is 44.9 Å². The van der Waals surface area contributed by atoms with Crippen LogP contribution in [0.15, 0.2) is 0 Å². The Kier molecular flexibility index (Phi) is 4.20. The molecular formula is C24H42O. The van der Waals surface area contributed by atoms with Crippen LogP contribution >= 0.6 is 0 Å². The average molecular weight is 347 g/mol. The van der Waals surface area contributed by atoms with Gasteiger partial charge in [0.15, 0.2) is 0 Å². The predicted molar refractivity (Wildman–Crippen MR) is 105 cm³/mol. The third-order valence-electron chi connectivity index (χ3n) is 10.9. The van der Waals surface area contributed by atoms with Crippen LogP contribution in [0.3, 0.4) is 0 Å². The smallest absolute Gasteiger partial charge is 0.0574 e. The van der Waals surface area contributed by atoms with Crippen LogP contribution in [0.1, 0.15) is 92.9 Å². The van der Waals surface area contributed by atoms with E-state index in [1.807, 2.05) is 0 Å². The minimum absolute atomic E-state index is 0.0534. The van der Waals surface area contributed by atoms with Gasteiger partial charge < -0.3 is 5.11 Å². The van der Waals surface area contributed by atoms with Crippen molar-refractivity contribution < 1.29 is 5.11 Å². The molecule has 25 heavy (non-hydrogen) atoms. The number of fused-ring (bicyclic) bond motifs is 5. The summed E-state index contributed by atoms with van der Waals surface area (Å²) >= 11 is 0. The van der Waals surface area contributed by atoms with Crippen molar-refractivity contribution >= 4 is 0 Å². The molecule has 0 amide bonds. The van der Waals surface area contributed by atoms with Crippen molar-refractivity contribution in [3.05, 3.63) is 0 Å². The lowest BCUT2D eigenvalue weighted by atomic mass is 9.40. The van der Waals surface area contributed by atoms with Crippen LogP contribution in [0.2, 0.25) is 0 Å². The van der Waals surface area contributed by atoms with Gasteiger partial charge in [0.1, 0.15) is 0 Å². The molecule has 0 aliphatic heterocycles. The maximum Gasteiger partial charge on any atom is 0.0574 e.